The molecule has 1 amide bonds. The van der Waals surface area contributed by atoms with Crippen LogP contribution in [0.2, 0.25) is 0 Å². The Morgan fingerprint density at radius 3 is 2.79 bits per heavy atom. The van der Waals surface area contributed by atoms with Crippen molar-refractivity contribution in [3.63, 3.8) is 0 Å². The molecule has 1 aliphatic heterocycles. The highest BCUT2D eigenvalue weighted by Gasteiger charge is 2.15. The maximum Gasteiger partial charge on any atom is 0.260 e. The van der Waals surface area contributed by atoms with Crippen LogP contribution in [0, 0.1) is 0 Å². The lowest BCUT2D eigenvalue weighted by molar-refractivity contribution is -0.133. The van der Waals surface area contributed by atoms with Gasteiger partial charge in [-0.05, 0) is 30.7 Å². The van der Waals surface area contributed by atoms with E-state index >= 15 is 0 Å². The first-order valence-corrected chi connectivity index (χ1v) is 6.60. The van der Waals surface area contributed by atoms with Crippen molar-refractivity contribution < 1.29 is 14.6 Å². The maximum atomic E-state index is 12.0. The zero-order valence-corrected chi connectivity index (χ0v) is 11.0. The van der Waals surface area contributed by atoms with Crippen LogP contribution < -0.4 is 10.1 Å². The van der Waals surface area contributed by atoms with E-state index in [1.165, 1.54) is 0 Å². The molecule has 2 rings (SSSR count). The van der Waals surface area contributed by atoms with E-state index in [-0.39, 0.29) is 19.1 Å². The van der Waals surface area contributed by atoms with Crippen molar-refractivity contribution in [1.82, 2.24) is 10.2 Å². The lowest BCUT2D eigenvalue weighted by Gasteiger charge is -2.20. The van der Waals surface area contributed by atoms with Crippen LogP contribution in [-0.2, 0) is 11.4 Å². The summed E-state index contributed by atoms with van der Waals surface area (Å²) in [7, 11) is 0. The normalized spacial score (nSPS) is 15.9. The van der Waals surface area contributed by atoms with Crippen LogP contribution in [0.25, 0.3) is 0 Å². The number of ether oxygens (including phenoxy) is 1. The van der Waals surface area contributed by atoms with E-state index in [1.807, 2.05) is 4.90 Å². The van der Waals surface area contributed by atoms with E-state index in [4.69, 9.17) is 9.84 Å². The third-order valence-corrected chi connectivity index (χ3v) is 3.16. The molecule has 2 N–H and O–H groups in total. The standard InChI is InChI=1S/C14H20N2O3/c17-10-12-2-4-13(5-3-12)19-11-14(18)16-8-1-6-15-7-9-16/h2-5,15,17H,1,6-11H2. The Balaban J connectivity index is 1.81. The van der Waals surface area contributed by atoms with Gasteiger partial charge in [-0.3, -0.25) is 4.79 Å². The summed E-state index contributed by atoms with van der Waals surface area (Å²) in [4.78, 5) is 13.8. The fourth-order valence-electron chi connectivity index (χ4n) is 2.02. The van der Waals surface area contributed by atoms with Gasteiger partial charge in [0.2, 0.25) is 0 Å². The summed E-state index contributed by atoms with van der Waals surface area (Å²) in [6.07, 6.45) is 0.983. The van der Waals surface area contributed by atoms with E-state index in [1.54, 1.807) is 24.3 Å². The number of carbonyl (C=O) groups excluding carboxylic acids is 1. The Morgan fingerprint density at radius 2 is 2.05 bits per heavy atom. The predicted molar refractivity (Wildman–Crippen MR) is 71.9 cm³/mol. The smallest absolute Gasteiger partial charge is 0.260 e. The summed E-state index contributed by atoms with van der Waals surface area (Å²) in [6.45, 7) is 3.42. The zero-order valence-electron chi connectivity index (χ0n) is 11.0. The molecule has 104 valence electrons. The van der Waals surface area contributed by atoms with E-state index in [2.05, 4.69) is 5.32 Å². The third-order valence-electron chi connectivity index (χ3n) is 3.16. The minimum Gasteiger partial charge on any atom is -0.484 e. The Bertz CT molecular complexity index is 398. The molecule has 1 aliphatic rings. The second-order valence-electron chi connectivity index (χ2n) is 4.58. The molecule has 0 spiro atoms. The Kier molecular flexibility index (Phi) is 5.18. The van der Waals surface area contributed by atoms with Gasteiger partial charge in [-0.2, -0.15) is 0 Å². The number of nitrogens with zero attached hydrogens (tertiary/aromatic N) is 1. The molecule has 0 unspecified atom stereocenters. The first kappa shape index (κ1) is 13.8. The molecule has 1 aromatic carbocycles. The Labute approximate surface area is 113 Å². The first-order chi connectivity index (χ1) is 9.29. The van der Waals surface area contributed by atoms with Crippen molar-refractivity contribution in [2.75, 3.05) is 32.8 Å². The molecule has 0 radical (unpaired) electrons. The third kappa shape index (κ3) is 4.22. The Morgan fingerprint density at radius 1 is 1.26 bits per heavy atom. The number of rotatable bonds is 4. The lowest BCUT2D eigenvalue weighted by atomic mass is 10.2. The van der Waals surface area contributed by atoms with E-state index in [9.17, 15) is 4.79 Å². The van der Waals surface area contributed by atoms with Gasteiger partial charge >= 0.3 is 0 Å². The molecule has 0 aliphatic carbocycles. The zero-order chi connectivity index (χ0) is 13.5. The average molecular weight is 264 g/mol. The molecular weight excluding hydrogens is 244 g/mol. The van der Waals surface area contributed by atoms with Crippen molar-refractivity contribution in [3.8, 4) is 5.75 Å². The molecule has 1 fully saturated rings. The highest BCUT2D eigenvalue weighted by atomic mass is 16.5. The number of hydrogen-bond acceptors (Lipinski definition) is 4. The van der Waals surface area contributed by atoms with Gasteiger partial charge < -0.3 is 20.1 Å². The quantitative estimate of drug-likeness (QED) is 0.825. The monoisotopic (exact) mass is 264 g/mol. The summed E-state index contributed by atoms with van der Waals surface area (Å²) >= 11 is 0. The summed E-state index contributed by atoms with van der Waals surface area (Å²) in [5, 5.41) is 12.2. The number of aliphatic hydroxyl groups excluding tert-OH is 1. The van der Waals surface area contributed by atoms with Crippen LogP contribution in [0.1, 0.15) is 12.0 Å². The molecule has 0 aromatic heterocycles. The summed E-state index contributed by atoms with van der Waals surface area (Å²) in [5.74, 6) is 0.674. The van der Waals surface area contributed by atoms with Crippen LogP contribution in [0.3, 0.4) is 0 Å². The van der Waals surface area contributed by atoms with Gasteiger partial charge in [0.15, 0.2) is 6.61 Å². The number of benzene rings is 1. The van der Waals surface area contributed by atoms with Gasteiger partial charge in [0.1, 0.15) is 5.75 Å². The van der Waals surface area contributed by atoms with Gasteiger partial charge in [0, 0.05) is 19.6 Å². The summed E-state index contributed by atoms with van der Waals surface area (Å²) in [6, 6.07) is 7.11. The van der Waals surface area contributed by atoms with E-state index in [0.29, 0.717) is 5.75 Å². The second kappa shape index (κ2) is 7.11. The highest BCUT2D eigenvalue weighted by molar-refractivity contribution is 5.77. The molecule has 0 saturated carbocycles. The van der Waals surface area contributed by atoms with Crippen LogP contribution in [0.5, 0.6) is 5.75 Å². The highest BCUT2D eigenvalue weighted by Crippen LogP contribution is 2.12. The lowest BCUT2D eigenvalue weighted by Crippen LogP contribution is -2.37. The molecule has 5 nitrogen and oxygen atoms in total. The fourth-order valence-corrected chi connectivity index (χ4v) is 2.02. The topological polar surface area (TPSA) is 61.8 Å². The van der Waals surface area contributed by atoms with E-state index < -0.39 is 0 Å². The van der Waals surface area contributed by atoms with Gasteiger partial charge in [0.05, 0.1) is 6.61 Å². The molecule has 0 bridgehead atoms. The second-order valence-corrected chi connectivity index (χ2v) is 4.58. The van der Waals surface area contributed by atoms with Gasteiger partial charge in [-0.15, -0.1) is 0 Å². The predicted octanol–water partition coefficient (Wildman–Crippen LogP) is 0.380. The molecule has 1 aromatic rings. The number of amides is 1. The maximum absolute atomic E-state index is 12.0. The van der Waals surface area contributed by atoms with Crippen molar-refractivity contribution in [1.29, 1.82) is 0 Å². The molecule has 19 heavy (non-hydrogen) atoms. The van der Waals surface area contributed by atoms with Crippen LogP contribution in [0.15, 0.2) is 24.3 Å². The molecular formula is C14H20N2O3. The van der Waals surface area contributed by atoms with Crippen molar-refractivity contribution in [2.24, 2.45) is 0 Å². The molecule has 0 atom stereocenters. The van der Waals surface area contributed by atoms with Crippen LogP contribution >= 0.6 is 0 Å². The Hall–Kier alpha value is -1.59. The van der Waals surface area contributed by atoms with Crippen LogP contribution in [0.4, 0.5) is 0 Å². The molecule has 1 saturated heterocycles. The minimum absolute atomic E-state index is 0.0139. The number of carbonyl (C=O) groups is 1. The van der Waals surface area contributed by atoms with Gasteiger partial charge in [-0.25, -0.2) is 0 Å². The minimum atomic E-state index is 0.0139. The summed E-state index contributed by atoms with van der Waals surface area (Å²) < 4.78 is 5.47. The van der Waals surface area contributed by atoms with Crippen molar-refractivity contribution >= 4 is 5.91 Å². The largest absolute Gasteiger partial charge is 0.484 e. The molecule has 5 heteroatoms. The van der Waals surface area contributed by atoms with Crippen molar-refractivity contribution in [3.05, 3.63) is 29.8 Å². The average Bonchev–Trinajstić information content (AvgIpc) is 2.74. The SMILES string of the molecule is O=C(COc1ccc(CO)cc1)N1CCCNCC1. The number of nitrogens with one attached hydrogen (secondary N) is 1. The fraction of sp³-hybridized carbons (Fsp3) is 0.500. The first-order valence-electron chi connectivity index (χ1n) is 6.60. The summed E-state index contributed by atoms with van der Waals surface area (Å²) in [5.41, 5.74) is 0.831. The van der Waals surface area contributed by atoms with Gasteiger partial charge in [-0.1, -0.05) is 12.1 Å². The van der Waals surface area contributed by atoms with E-state index in [0.717, 1.165) is 38.2 Å². The number of aliphatic hydroxyl groups is 1. The number of hydrogen-bond donors (Lipinski definition) is 2. The van der Waals surface area contributed by atoms with Crippen LogP contribution in [-0.4, -0.2) is 48.7 Å². The molecule has 1 heterocycles. The van der Waals surface area contributed by atoms with Gasteiger partial charge in [0.25, 0.3) is 5.91 Å². The van der Waals surface area contributed by atoms with Crippen molar-refractivity contribution in [2.45, 2.75) is 13.0 Å².